The first-order valence-corrected chi connectivity index (χ1v) is 16.5. The fourth-order valence-electron chi connectivity index (χ4n) is 6.78. The summed E-state index contributed by atoms with van der Waals surface area (Å²) in [7, 11) is 0. The van der Waals surface area contributed by atoms with Gasteiger partial charge in [0.05, 0.1) is 0 Å². The fraction of sp³-hybridized carbons (Fsp3) is 0. The van der Waals surface area contributed by atoms with E-state index in [1.165, 1.54) is 0 Å². The molecule has 10 aromatic rings. The van der Waals surface area contributed by atoms with E-state index in [1.54, 1.807) is 0 Å². The van der Waals surface area contributed by atoms with Crippen LogP contribution >= 0.6 is 0 Å². The number of hydrogen-bond acceptors (Lipinski definition) is 6. The van der Waals surface area contributed by atoms with Crippen molar-refractivity contribution in [3.63, 3.8) is 0 Å². The third-order valence-electron chi connectivity index (χ3n) is 9.19. The highest BCUT2D eigenvalue weighted by Gasteiger charge is 2.19. The van der Waals surface area contributed by atoms with Crippen molar-refractivity contribution in [2.24, 2.45) is 0 Å². The number of oxazole rings is 1. The molecule has 0 N–H and O–H groups in total. The number of hydrogen-bond donors (Lipinski definition) is 0. The molecule has 234 valence electrons. The Bertz CT molecular complexity index is 2800. The minimum atomic E-state index is 0.564. The minimum absolute atomic E-state index is 0.564. The fourth-order valence-corrected chi connectivity index (χ4v) is 6.78. The molecule has 0 bridgehead atoms. The first-order chi connectivity index (χ1) is 24.8. The normalized spacial score (nSPS) is 11.6. The summed E-state index contributed by atoms with van der Waals surface area (Å²) in [5, 5.41) is 4.18. The molecule has 0 aliphatic carbocycles. The highest BCUT2D eigenvalue weighted by atomic mass is 16.3. The lowest BCUT2D eigenvalue weighted by Gasteiger charge is -2.10. The van der Waals surface area contributed by atoms with Gasteiger partial charge in [-0.1, -0.05) is 133 Å². The molecule has 7 aromatic carbocycles. The Balaban J connectivity index is 1.07. The molecule has 0 aliphatic rings. The van der Waals surface area contributed by atoms with Gasteiger partial charge >= 0.3 is 0 Å². The maximum atomic E-state index is 6.68. The molecule has 0 fully saturated rings. The molecule has 3 aromatic heterocycles. The summed E-state index contributed by atoms with van der Waals surface area (Å²) in [5.74, 6) is 2.44. The molecule has 0 unspecified atom stereocenters. The van der Waals surface area contributed by atoms with E-state index in [2.05, 4.69) is 54.6 Å². The van der Waals surface area contributed by atoms with Gasteiger partial charge in [-0.25, -0.2) is 19.9 Å². The maximum Gasteiger partial charge on any atom is 0.227 e. The topological polar surface area (TPSA) is 77.8 Å². The number of aromatic nitrogens is 4. The second-order valence-electron chi connectivity index (χ2n) is 12.2. The van der Waals surface area contributed by atoms with Crippen molar-refractivity contribution in [3.05, 3.63) is 158 Å². The summed E-state index contributed by atoms with van der Waals surface area (Å²) in [6.45, 7) is 0. The third kappa shape index (κ3) is 4.65. The van der Waals surface area contributed by atoms with Gasteiger partial charge < -0.3 is 8.83 Å². The molecule has 6 nitrogen and oxygen atoms in total. The standard InChI is InChI=1S/C44H26N4O2/c1-3-11-29(12-4-1)41-46-42(30-13-5-2-6-14-30)48-43(47-41)31-21-19-27(20-22-31)32-15-7-8-16-33(32)44-45-35-25-23-28-24-26-37-39(38(28)40(35)50-44)34-17-9-10-18-36(34)49-37/h1-26H. The highest BCUT2D eigenvalue weighted by Crippen LogP contribution is 2.41. The zero-order valence-corrected chi connectivity index (χ0v) is 26.6. The van der Waals surface area contributed by atoms with E-state index >= 15 is 0 Å². The van der Waals surface area contributed by atoms with Crippen molar-refractivity contribution in [1.82, 2.24) is 19.9 Å². The quantitative estimate of drug-likeness (QED) is 0.186. The zero-order chi connectivity index (χ0) is 33.0. The number of furan rings is 1. The van der Waals surface area contributed by atoms with Gasteiger partial charge in [0.15, 0.2) is 23.1 Å². The molecule has 0 spiro atoms. The average molecular weight is 643 g/mol. The third-order valence-corrected chi connectivity index (χ3v) is 9.19. The van der Waals surface area contributed by atoms with E-state index in [0.29, 0.717) is 23.4 Å². The van der Waals surface area contributed by atoms with Crippen LogP contribution in [0.15, 0.2) is 167 Å². The second-order valence-corrected chi connectivity index (χ2v) is 12.2. The lowest BCUT2D eigenvalue weighted by molar-refractivity contribution is 0.623. The SMILES string of the molecule is c1ccc(-c2nc(-c3ccccc3)nc(-c3ccc(-c4ccccc4-c4nc5ccc6ccc7oc8ccccc8c7c6c5o4)cc3)n2)cc1. The first-order valence-electron chi connectivity index (χ1n) is 16.5. The van der Waals surface area contributed by atoms with E-state index in [4.69, 9.17) is 28.8 Å². The summed E-state index contributed by atoms with van der Waals surface area (Å²) in [6, 6.07) is 52.9. The molecule has 3 heterocycles. The van der Waals surface area contributed by atoms with E-state index in [0.717, 1.165) is 77.2 Å². The Kier molecular flexibility index (Phi) is 6.39. The number of fused-ring (bicyclic) bond motifs is 7. The Morgan fingerprint density at radius 1 is 0.360 bits per heavy atom. The van der Waals surface area contributed by atoms with E-state index in [-0.39, 0.29) is 0 Å². The van der Waals surface area contributed by atoms with Gasteiger partial charge in [0.2, 0.25) is 5.89 Å². The second kappa shape index (κ2) is 11.4. The Morgan fingerprint density at radius 2 is 0.920 bits per heavy atom. The highest BCUT2D eigenvalue weighted by molar-refractivity contribution is 6.25. The molecule has 10 rings (SSSR count). The van der Waals surface area contributed by atoms with Gasteiger partial charge in [0.1, 0.15) is 16.7 Å². The van der Waals surface area contributed by atoms with Gasteiger partial charge in [-0.15, -0.1) is 0 Å². The van der Waals surface area contributed by atoms with Crippen molar-refractivity contribution < 1.29 is 8.83 Å². The lowest BCUT2D eigenvalue weighted by Crippen LogP contribution is -2.00. The number of nitrogens with zero attached hydrogens (tertiary/aromatic N) is 4. The van der Waals surface area contributed by atoms with Crippen molar-refractivity contribution in [3.8, 4) is 56.7 Å². The zero-order valence-electron chi connectivity index (χ0n) is 26.6. The smallest absolute Gasteiger partial charge is 0.227 e. The average Bonchev–Trinajstić information content (AvgIpc) is 3.81. The monoisotopic (exact) mass is 642 g/mol. The molecule has 0 amide bonds. The van der Waals surface area contributed by atoms with Crippen LogP contribution in [-0.2, 0) is 0 Å². The lowest BCUT2D eigenvalue weighted by atomic mass is 9.98. The maximum absolute atomic E-state index is 6.68. The Morgan fingerprint density at radius 3 is 1.62 bits per heavy atom. The molecule has 50 heavy (non-hydrogen) atoms. The van der Waals surface area contributed by atoms with Crippen LogP contribution in [0, 0.1) is 0 Å². The summed E-state index contributed by atoms with van der Waals surface area (Å²) in [5.41, 5.74) is 8.95. The molecule has 6 heteroatoms. The molecular weight excluding hydrogens is 617 g/mol. The van der Waals surface area contributed by atoms with Crippen LogP contribution < -0.4 is 0 Å². The van der Waals surface area contributed by atoms with Gasteiger partial charge in [0, 0.05) is 38.4 Å². The molecule has 0 saturated carbocycles. The summed E-state index contributed by atoms with van der Waals surface area (Å²) in [4.78, 5) is 19.6. The van der Waals surface area contributed by atoms with Crippen LogP contribution in [0.25, 0.3) is 101 Å². The molecule has 0 saturated heterocycles. The van der Waals surface area contributed by atoms with Crippen molar-refractivity contribution in [1.29, 1.82) is 0 Å². The predicted octanol–water partition coefficient (Wildman–Crippen LogP) is 11.4. The minimum Gasteiger partial charge on any atom is -0.456 e. The van der Waals surface area contributed by atoms with Crippen molar-refractivity contribution in [2.75, 3.05) is 0 Å². The van der Waals surface area contributed by atoms with Gasteiger partial charge in [-0.2, -0.15) is 0 Å². The molecule has 0 atom stereocenters. The molecule has 0 radical (unpaired) electrons. The van der Waals surface area contributed by atoms with Crippen LogP contribution in [0.2, 0.25) is 0 Å². The van der Waals surface area contributed by atoms with Gasteiger partial charge in [-0.05, 0) is 40.8 Å². The van der Waals surface area contributed by atoms with Crippen LogP contribution in [0.4, 0.5) is 0 Å². The van der Waals surface area contributed by atoms with E-state index in [1.807, 2.05) is 103 Å². The number of benzene rings is 7. The molecule has 0 aliphatic heterocycles. The van der Waals surface area contributed by atoms with E-state index in [9.17, 15) is 0 Å². The van der Waals surface area contributed by atoms with Gasteiger partial charge in [0.25, 0.3) is 0 Å². The summed E-state index contributed by atoms with van der Waals surface area (Å²) in [6.07, 6.45) is 0. The Labute approximate surface area is 286 Å². The molecular formula is C44H26N4O2. The van der Waals surface area contributed by atoms with E-state index < -0.39 is 0 Å². The number of rotatable bonds is 5. The van der Waals surface area contributed by atoms with Crippen LogP contribution in [0.3, 0.4) is 0 Å². The van der Waals surface area contributed by atoms with Gasteiger partial charge in [-0.3, -0.25) is 0 Å². The predicted molar refractivity (Wildman–Crippen MR) is 199 cm³/mol. The van der Waals surface area contributed by atoms with Crippen molar-refractivity contribution >= 4 is 43.8 Å². The summed E-state index contributed by atoms with van der Waals surface area (Å²) < 4.78 is 12.9. The van der Waals surface area contributed by atoms with Crippen LogP contribution in [-0.4, -0.2) is 19.9 Å². The Hall–Kier alpha value is -6.92. The largest absolute Gasteiger partial charge is 0.456 e. The number of para-hydroxylation sites is 1. The van der Waals surface area contributed by atoms with Crippen LogP contribution in [0.1, 0.15) is 0 Å². The first kappa shape index (κ1) is 28.1. The van der Waals surface area contributed by atoms with Crippen LogP contribution in [0.5, 0.6) is 0 Å². The van der Waals surface area contributed by atoms with Crippen molar-refractivity contribution in [2.45, 2.75) is 0 Å². The summed E-state index contributed by atoms with van der Waals surface area (Å²) >= 11 is 0.